The van der Waals surface area contributed by atoms with Crippen LogP contribution in [0.2, 0.25) is 0 Å². The minimum atomic E-state index is -0.293. The van der Waals surface area contributed by atoms with E-state index in [-0.39, 0.29) is 17.2 Å². The molecule has 4 aromatic rings. The summed E-state index contributed by atoms with van der Waals surface area (Å²) in [4.78, 5) is 34.0. The maximum absolute atomic E-state index is 13.7. The molecular formula is C32H36N4O7S. The Hall–Kier alpha value is -4.42. The quantitative estimate of drug-likeness (QED) is 0.176. The molecule has 0 spiro atoms. The minimum absolute atomic E-state index is 0.0151. The topological polar surface area (TPSA) is 113 Å². The van der Waals surface area contributed by atoms with Crippen molar-refractivity contribution >= 4 is 39.9 Å². The molecule has 0 bridgehead atoms. The maximum Gasteiger partial charge on any atom is 0.266 e. The Labute approximate surface area is 260 Å². The van der Waals surface area contributed by atoms with Crippen molar-refractivity contribution in [2.75, 3.05) is 69.7 Å². The Morgan fingerprint density at radius 1 is 0.932 bits per heavy atom. The highest BCUT2D eigenvalue weighted by molar-refractivity contribution is 7.99. The molecule has 3 aromatic carbocycles. The highest BCUT2D eigenvalue weighted by atomic mass is 32.2. The van der Waals surface area contributed by atoms with E-state index >= 15 is 0 Å². The molecule has 44 heavy (non-hydrogen) atoms. The van der Waals surface area contributed by atoms with E-state index < -0.39 is 0 Å². The van der Waals surface area contributed by atoms with Gasteiger partial charge in [0.1, 0.15) is 11.5 Å². The number of rotatable bonds is 12. The van der Waals surface area contributed by atoms with E-state index in [2.05, 4.69) is 10.2 Å². The number of anilines is 2. The fourth-order valence-corrected chi connectivity index (χ4v) is 5.77. The van der Waals surface area contributed by atoms with Crippen molar-refractivity contribution in [2.24, 2.45) is 0 Å². The summed E-state index contributed by atoms with van der Waals surface area (Å²) in [7, 11) is 3.08. The number of aromatic nitrogens is 2. The van der Waals surface area contributed by atoms with Crippen molar-refractivity contribution in [3.05, 3.63) is 65.0 Å². The molecule has 1 fully saturated rings. The summed E-state index contributed by atoms with van der Waals surface area (Å²) in [6, 6.07) is 16.0. The van der Waals surface area contributed by atoms with Crippen LogP contribution in [0.15, 0.2) is 64.5 Å². The molecule has 1 aliphatic rings. The number of nitrogens with one attached hydrogen (secondary N) is 1. The Bertz CT molecular complexity index is 1690. The number of hydrogen-bond donors (Lipinski definition) is 1. The molecule has 232 valence electrons. The number of benzene rings is 3. The summed E-state index contributed by atoms with van der Waals surface area (Å²) < 4.78 is 29.7. The highest BCUT2D eigenvalue weighted by Gasteiger charge is 2.22. The third-order valence-electron chi connectivity index (χ3n) is 6.99. The van der Waals surface area contributed by atoms with Crippen LogP contribution in [0.5, 0.6) is 23.0 Å². The van der Waals surface area contributed by atoms with Crippen molar-refractivity contribution < 1.29 is 28.5 Å². The van der Waals surface area contributed by atoms with E-state index in [4.69, 9.17) is 28.7 Å². The Kier molecular flexibility index (Phi) is 10.1. The van der Waals surface area contributed by atoms with Crippen LogP contribution in [-0.4, -0.2) is 74.9 Å². The van der Waals surface area contributed by atoms with Crippen LogP contribution in [0.3, 0.4) is 0 Å². The van der Waals surface area contributed by atoms with Gasteiger partial charge in [-0.25, -0.2) is 4.98 Å². The fourth-order valence-electron chi connectivity index (χ4n) is 4.96. The number of carbonyl (C=O) groups is 1. The van der Waals surface area contributed by atoms with E-state index in [0.29, 0.717) is 76.9 Å². The van der Waals surface area contributed by atoms with Gasteiger partial charge in [-0.05, 0) is 38.1 Å². The van der Waals surface area contributed by atoms with Gasteiger partial charge in [0, 0.05) is 31.3 Å². The average molecular weight is 621 g/mol. The molecule has 1 aliphatic heterocycles. The van der Waals surface area contributed by atoms with Gasteiger partial charge in [0.15, 0.2) is 16.7 Å². The van der Waals surface area contributed by atoms with E-state index in [0.717, 1.165) is 30.5 Å². The second-order valence-corrected chi connectivity index (χ2v) is 10.7. The molecule has 0 radical (unpaired) electrons. The number of thioether (sulfide) groups is 1. The SMILES string of the molecule is CCOc1cc(N2CCOCC2)c(OCC)cc1NC(=O)CSc1nc2ccccc2c(=O)n1-c1ccc(OC)c(OC)c1. The molecule has 0 saturated carbocycles. The molecule has 11 nitrogen and oxygen atoms in total. The van der Waals surface area contributed by atoms with Gasteiger partial charge in [-0.2, -0.15) is 0 Å². The first-order chi connectivity index (χ1) is 21.5. The van der Waals surface area contributed by atoms with Crippen LogP contribution in [-0.2, 0) is 9.53 Å². The zero-order valence-electron chi connectivity index (χ0n) is 25.3. The smallest absolute Gasteiger partial charge is 0.266 e. The van der Waals surface area contributed by atoms with Crippen molar-refractivity contribution in [1.29, 1.82) is 0 Å². The average Bonchev–Trinajstić information content (AvgIpc) is 3.05. The summed E-state index contributed by atoms with van der Waals surface area (Å²) in [6.07, 6.45) is 0. The van der Waals surface area contributed by atoms with Crippen LogP contribution in [0.25, 0.3) is 16.6 Å². The lowest BCUT2D eigenvalue weighted by Gasteiger charge is -2.31. The van der Waals surface area contributed by atoms with Gasteiger partial charge >= 0.3 is 0 Å². The number of amides is 1. The fraction of sp³-hybridized carbons (Fsp3) is 0.344. The molecular weight excluding hydrogens is 584 g/mol. The van der Waals surface area contributed by atoms with E-state index in [9.17, 15) is 9.59 Å². The molecule has 1 amide bonds. The lowest BCUT2D eigenvalue weighted by molar-refractivity contribution is -0.113. The van der Waals surface area contributed by atoms with E-state index in [1.54, 1.807) is 49.6 Å². The number of para-hydroxylation sites is 1. The van der Waals surface area contributed by atoms with Crippen LogP contribution in [0, 0.1) is 0 Å². The zero-order valence-corrected chi connectivity index (χ0v) is 26.1. The van der Waals surface area contributed by atoms with E-state index in [1.807, 2.05) is 26.0 Å². The molecule has 0 unspecified atom stereocenters. The van der Waals surface area contributed by atoms with E-state index in [1.165, 1.54) is 11.7 Å². The first kappa shape index (κ1) is 31.0. The second kappa shape index (κ2) is 14.4. The number of hydrogen-bond acceptors (Lipinski definition) is 10. The Morgan fingerprint density at radius 3 is 2.39 bits per heavy atom. The summed E-state index contributed by atoms with van der Waals surface area (Å²) in [6.45, 7) is 7.42. The van der Waals surface area contributed by atoms with Crippen molar-refractivity contribution in [3.63, 3.8) is 0 Å². The molecule has 1 N–H and O–H groups in total. The molecule has 0 aliphatic carbocycles. The highest BCUT2D eigenvalue weighted by Crippen LogP contribution is 2.39. The van der Waals surface area contributed by atoms with Gasteiger partial charge < -0.3 is 33.9 Å². The number of morpholine rings is 1. The number of methoxy groups -OCH3 is 2. The van der Waals surface area contributed by atoms with Crippen LogP contribution < -0.4 is 34.7 Å². The third-order valence-corrected chi connectivity index (χ3v) is 7.93. The molecule has 1 aromatic heterocycles. The number of carbonyl (C=O) groups excluding carboxylic acids is 1. The zero-order chi connectivity index (χ0) is 31.1. The predicted molar refractivity (Wildman–Crippen MR) is 172 cm³/mol. The molecule has 5 rings (SSSR count). The van der Waals surface area contributed by atoms with Crippen LogP contribution in [0.4, 0.5) is 11.4 Å². The molecule has 1 saturated heterocycles. The van der Waals surface area contributed by atoms with Gasteiger partial charge in [0.25, 0.3) is 5.56 Å². The summed E-state index contributed by atoms with van der Waals surface area (Å²) >= 11 is 1.15. The van der Waals surface area contributed by atoms with Gasteiger partial charge in [-0.1, -0.05) is 23.9 Å². The van der Waals surface area contributed by atoms with Crippen LogP contribution >= 0.6 is 11.8 Å². The van der Waals surface area contributed by atoms with Crippen molar-refractivity contribution in [2.45, 2.75) is 19.0 Å². The van der Waals surface area contributed by atoms with Gasteiger partial charge in [0.2, 0.25) is 5.91 Å². The molecule has 12 heteroatoms. The summed E-state index contributed by atoms with van der Waals surface area (Å²) in [5.41, 5.74) is 2.21. The minimum Gasteiger partial charge on any atom is -0.493 e. The first-order valence-electron chi connectivity index (χ1n) is 14.4. The monoisotopic (exact) mass is 620 g/mol. The normalized spacial score (nSPS) is 13.0. The number of ether oxygens (including phenoxy) is 5. The van der Waals surface area contributed by atoms with Crippen molar-refractivity contribution in [1.82, 2.24) is 9.55 Å². The first-order valence-corrected chi connectivity index (χ1v) is 15.4. The Balaban J connectivity index is 1.45. The molecule has 2 heterocycles. The summed E-state index contributed by atoms with van der Waals surface area (Å²) in [5.74, 6) is 1.88. The number of fused-ring (bicyclic) bond motifs is 1. The number of nitrogens with zero attached hydrogens (tertiary/aromatic N) is 3. The lowest BCUT2D eigenvalue weighted by Crippen LogP contribution is -2.36. The van der Waals surface area contributed by atoms with Gasteiger partial charge in [0.05, 0.1) is 74.4 Å². The van der Waals surface area contributed by atoms with Crippen molar-refractivity contribution in [3.8, 4) is 28.7 Å². The third kappa shape index (κ3) is 6.71. The van der Waals surface area contributed by atoms with Gasteiger partial charge in [-0.15, -0.1) is 0 Å². The van der Waals surface area contributed by atoms with Gasteiger partial charge in [-0.3, -0.25) is 14.2 Å². The largest absolute Gasteiger partial charge is 0.493 e. The summed E-state index contributed by atoms with van der Waals surface area (Å²) in [5, 5.41) is 3.80. The standard InChI is InChI=1S/C32H36N4O7S/c1-5-42-27-19-25(35-13-15-41-16-14-35)28(43-6-2)18-24(27)33-30(37)20-44-32-34-23-10-8-7-9-22(23)31(38)36(32)21-11-12-26(39-3)29(17-21)40-4/h7-12,17-19H,5-6,13-16,20H2,1-4H3,(H,33,37). The predicted octanol–water partition coefficient (Wildman–Crippen LogP) is 4.77. The molecule has 0 atom stereocenters. The lowest BCUT2D eigenvalue weighted by atomic mass is 10.2. The second-order valence-electron chi connectivity index (χ2n) is 9.71. The maximum atomic E-state index is 13.7. The van der Waals surface area contributed by atoms with Crippen LogP contribution in [0.1, 0.15) is 13.8 Å². The Morgan fingerprint density at radius 2 is 1.66 bits per heavy atom.